The second-order valence-corrected chi connectivity index (χ2v) is 6.39. The highest BCUT2D eigenvalue weighted by molar-refractivity contribution is 7.10. The fourth-order valence-corrected chi connectivity index (χ4v) is 2.95. The smallest absolute Gasteiger partial charge is 0.367 e. The highest BCUT2D eigenvalue weighted by Crippen LogP contribution is 2.25. The van der Waals surface area contributed by atoms with E-state index in [0.717, 1.165) is 4.88 Å². The van der Waals surface area contributed by atoms with Crippen LogP contribution in [-0.2, 0) is 11.3 Å². The molecule has 2 aromatic rings. The molecule has 130 valence electrons. The number of nitrogens with zero attached hydrogens (tertiary/aromatic N) is 1. The average Bonchev–Trinajstić information content (AvgIpc) is 3.06. The molecule has 0 aliphatic heterocycles. The Labute approximate surface area is 142 Å². The van der Waals surface area contributed by atoms with E-state index in [9.17, 15) is 18.0 Å². The van der Waals surface area contributed by atoms with Crippen LogP contribution in [0.25, 0.3) is 0 Å². The van der Waals surface area contributed by atoms with E-state index in [1.807, 2.05) is 24.4 Å². The maximum absolute atomic E-state index is 12.5. The molecule has 2 rings (SSSR count). The third-order valence-electron chi connectivity index (χ3n) is 3.59. The molecule has 0 aliphatic carbocycles. The van der Waals surface area contributed by atoms with Gasteiger partial charge >= 0.3 is 6.18 Å². The van der Waals surface area contributed by atoms with Crippen molar-refractivity contribution >= 4 is 17.2 Å². The predicted octanol–water partition coefficient (Wildman–Crippen LogP) is 4.66. The van der Waals surface area contributed by atoms with Crippen molar-refractivity contribution in [3.63, 3.8) is 0 Å². The Bertz CT molecular complexity index is 653. The monoisotopic (exact) mass is 357 g/mol. The van der Waals surface area contributed by atoms with Gasteiger partial charge in [0.15, 0.2) is 0 Å². The summed E-state index contributed by atoms with van der Waals surface area (Å²) in [6.45, 7) is 0.521. The molecule has 0 saturated carbocycles. The number of hydrogen-bond donors (Lipinski definition) is 0. The molecule has 1 amide bonds. The Morgan fingerprint density at radius 2 is 1.92 bits per heavy atom. The normalized spacial score (nSPS) is 12.9. The fraction of sp³-hybridized carbons (Fsp3) is 0.353. The molecule has 3 nitrogen and oxygen atoms in total. The Morgan fingerprint density at radius 1 is 1.25 bits per heavy atom. The standard InChI is InChI=1S/C17H18F3NO2S/c1-12(15-4-3-9-24-15)21(2)16(22)14-7-5-13(6-8-14)10-23-11-17(18,19)20/h3-9,12H,10-11H2,1-2H3. The van der Waals surface area contributed by atoms with Gasteiger partial charge in [0.05, 0.1) is 12.6 Å². The lowest BCUT2D eigenvalue weighted by Gasteiger charge is -2.24. The van der Waals surface area contributed by atoms with Gasteiger partial charge in [-0.3, -0.25) is 4.79 Å². The first kappa shape index (κ1) is 18.5. The lowest BCUT2D eigenvalue weighted by molar-refractivity contribution is -0.176. The molecule has 0 bridgehead atoms. The second-order valence-electron chi connectivity index (χ2n) is 5.41. The zero-order valence-corrected chi connectivity index (χ0v) is 14.2. The van der Waals surface area contributed by atoms with Gasteiger partial charge in [-0.15, -0.1) is 11.3 Å². The van der Waals surface area contributed by atoms with Crippen LogP contribution in [0.2, 0.25) is 0 Å². The van der Waals surface area contributed by atoms with Crippen LogP contribution >= 0.6 is 11.3 Å². The summed E-state index contributed by atoms with van der Waals surface area (Å²) in [6.07, 6.45) is -4.34. The molecule has 1 unspecified atom stereocenters. The molecule has 0 aliphatic rings. The van der Waals surface area contributed by atoms with Crippen LogP contribution in [-0.4, -0.2) is 30.6 Å². The van der Waals surface area contributed by atoms with Crippen molar-refractivity contribution in [3.05, 3.63) is 57.8 Å². The molecule has 0 spiro atoms. The molecule has 1 aromatic heterocycles. The first-order chi connectivity index (χ1) is 11.3. The number of amides is 1. The van der Waals surface area contributed by atoms with E-state index in [-0.39, 0.29) is 18.6 Å². The Kier molecular flexibility index (Phi) is 6.01. The van der Waals surface area contributed by atoms with E-state index < -0.39 is 12.8 Å². The van der Waals surface area contributed by atoms with Crippen LogP contribution in [0.5, 0.6) is 0 Å². The van der Waals surface area contributed by atoms with Gasteiger partial charge < -0.3 is 9.64 Å². The van der Waals surface area contributed by atoms with Gasteiger partial charge in [0.25, 0.3) is 5.91 Å². The summed E-state index contributed by atoms with van der Waals surface area (Å²) < 4.78 is 40.7. The van der Waals surface area contributed by atoms with E-state index in [4.69, 9.17) is 0 Å². The maximum Gasteiger partial charge on any atom is 0.411 e. The summed E-state index contributed by atoms with van der Waals surface area (Å²) in [4.78, 5) is 15.2. The summed E-state index contributed by atoms with van der Waals surface area (Å²) >= 11 is 1.58. The molecule has 0 fully saturated rings. The van der Waals surface area contributed by atoms with Gasteiger partial charge in [-0.2, -0.15) is 13.2 Å². The Morgan fingerprint density at radius 3 is 2.46 bits per heavy atom. The lowest BCUT2D eigenvalue weighted by atomic mass is 10.1. The number of alkyl halides is 3. The molecule has 1 atom stereocenters. The van der Waals surface area contributed by atoms with Crippen LogP contribution in [0.4, 0.5) is 13.2 Å². The minimum absolute atomic E-state index is 0.0488. The Hall–Kier alpha value is -1.86. The van der Waals surface area contributed by atoms with Crippen molar-refractivity contribution in [2.45, 2.75) is 25.7 Å². The first-order valence-corrected chi connectivity index (χ1v) is 8.20. The zero-order valence-electron chi connectivity index (χ0n) is 13.3. The largest absolute Gasteiger partial charge is 0.411 e. The molecular weight excluding hydrogens is 339 g/mol. The number of rotatable bonds is 6. The van der Waals surface area contributed by atoms with Crippen LogP contribution < -0.4 is 0 Å². The van der Waals surface area contributed by atoms with Gasteiger partial charge in [-0.25, -0.2) is 0 Å². The van der Waals surface area contributed by atoms with Crippen molar-refractivity contribution in [1.29, 1.82) is 0 Å². The summed E-state index contributed by atoms with van der Waals surface area (Å²) in [5, 5.41) is 1.96. The number of thiophene rings is 1. The molecule has 1 heterocycles. The predicted molar refractivity (Wildman–Crippen MR) is 87.0 cm³/mol. The number of benzene rings is 1. The minimum atomic E-state index is -4.34. The topological polar surface area (TPSA) is 29.5 Å². The van der Waals surface area contributed by atoms with Crippen molar-refractivity contribution in [2.75, 3.05) is 13.7 Å². The van der Waals surface area contributed by atoms with Crippen molar-refractivity contribution in [3.8, 4) is 0 Å². The zero-order chi connectivity index (χ0) is 17.7. The third kappa shape index (κ3) is 5.07. The molecule has 24 heavy (non-hydrogen) atoms. The quantitative estimate of drug-likeness (QED) is 0.752. The van der Waals surface area contributed by atoms with Crippen LogP contribution in [0.1, 0.15) is 33.8 Å². The minimum Gasteiger partial charge on any atom is -0.367 e. The fourth-order valence-electron chi connectivity index (χ4n) is 2.13. The second kappa shape index (κ2) is 7.81. The molecule has 0 N–H and O–H groups in total. The average molecular weight is 357 g/mol. The number of halogens is 3. The van der Waals surface area contributed by atoms with Gasteiger partial charge in [-0.05, 0) is 36.1 Å². The summed E-state index contributed by atoms with van der Waals surface area (Å²) in [5.41, 5.74) is 1.07. The van der Waals surface area contributed by atoms with Crippen LogP contribution in [0, 0.1) is 0 Å². The van der Waals surface area contributed by atoms with Crippen LogP contribution in [0.3, 0.4) is 0 Å². The number of ether oxygens (including phenoxy) is 1. The summed E-state index contributed by atoms with van der Waals surface area (Å²) in [5.74, 6) is -0.140. The third-order valence-corrected chi connectivity index (χ3v) is 4.63. The van der Waals surface area contributed by atoms with Gasteiger partial charge in [-0.1, -0.05) is 18.2 Å². The lowest BCUT2D eigenvalue weighted by Crippen LogP contribution is -2.29. The summed E-state index contributed by atoms with van der Waals surface area (Å²) in [6, 6.07) is 10.3. The highest BCUT2D eigenvalue weighted by Gasteiger charge is 2.27. The van der Waals surface area contributed by atoms with E-state index in [1.165, 1.54) is 0 Å². The summed E-state index contributed by atoms with van der Waals surface area (Å²) in [7, 11) is 1.73. The first-order valence-electron chi connectivity index (χ1n) is 7.32. The molecule has 1 aromatic carbocycles. The highest BCUT2D eigenvalue weighted by atomic mass is 32.1. The van der Waals surface area contributed by atoms with Crippen LogP contribution in [0.15, 0.2) is 41.8 Å². The molecule has 0 radical (unpaired) electrons. The van der Waals surface area contributed by atoms with Crippen molar-refractivity contribution in [1.82, 2.24) is 4.90 Å². The maximum atomic E-state index is 12.5. The van der Waals surface area contributed by atoms with E-state index >= 15 is 0 Å². The van der Waals surface area contributed by atoms with E-state index in [2.05, 4.69) is 4.74 Å². The van der Waals surface area contributed by atoms with Crippen molar-refractivity contribution in [2.24, 2.45) is 0 Å². The SMILES string of the molecule is CC(c1cccs1)N(C)C(=O)c1ccc(COCC(F)(F)F)cc1. The molecule has 0 saturated heterocycles. The van der Waals surface area contributed by atoms with Gasteiger partial charge in [0.2, 0.25) is 0 Å². The van der Waals surface area contributed by atoms with E-state index in [1.54, 1.807) is 47.5 Å². The van der Waals surface area contributed by atoms with E-state index in [0.29, 0.717) is 11.1 Å². The molecule has 7 heteroatoms. The Balaban J connectivity index is 1.95. The van der Waals surface area contributed by atoms with Crippen molar-refractivity contribution < 1.29 is 22.7 Å². The number of carbonyl (C=O) groups is 1. The van der Waals surface area contributed by atoms with Gasteiger partial charge in [0, 0.05) is 17.5 Å². The van der Waals surface area contributed by atoms with Gasteiger partial charge in [0.1, 0.15) is 6.61 Å². The number of hydrogen-bond acceptors (Lipinski definition) is 3. The molecular formula is C17H18F3NO2S. The number of carbonyl (C=O) groups excluding carboxylic acids is 1.